The van der Waals surface area contributed by atoms with Gasteiger partial charge >= 0.3 is 5.95 Å². The van der Waals surface area contributed by atoms with E-state index in [1.165, 1.54) is 10.8 Å². The quantitative estimate of drug-likeness (QED) is 0.592. The molecule has 0 aliphatic carbocycles. The Hall–Kier alpha value is -2.37. The number of benzene rings is 1. The van der Waals surface area contributed by atoms with Crippen LogP contribution >= 0.6 is 0 Å². The SMILES string of the molecule is CCCOc1ccccc1Cn1ccnc1[N+](=O)[O-]. The fourth-order valence-corrected chi connectivity index (χ4v) is 1.77. The summed E-state index contributed by atoms with van der Waals surface area (Å²) in [6, 6.07) is 7.54. The average molecular weight is 261 g/mol. The second-order valence-electron chi connectivity index (χ2n) is 4.07. The highest BCUT2D eigenvalue weighted by atomic mass is 16.6. The zero-order chi connectivity index (χ0) is 13.7. The Balaban J connectivity index is 2.23. The van der Waals surface area contributed by atoms with E-state index in [4.69, 9.17) is 4.74 Å². The van der Waals surface area contributed by atoms with Crippen LogP contribution in [0.4, 0.5) is 5.95 Å². The van der Waals surface area contributed by atoms with Crippen LogP contribution in [0.15, 0.2) is 36.7 Å². The Labute approximate surface area is 110 Å². The van der Waals surface area contributed by atoms with E-state index in [0.29, 0.717) is 13.2 Å². The first kappa shape index (κ1) is 13.1. The molecule has 0 bridgehead atoms. The van der Waals surface area contributed by atoms with E-state index in [2.05, 4.69) is 4.98 Å². The molecule has 2 rings (SSSR count). The molecule has 6 nitrogen and oxygen atoms in total. The number of hydrogen-bond acceptors (Lipinski definition) is 4. The fraction of sp³-hybridized carbons (Fsp3) is 0.308. The molecule has 6 heteroatoms. The number of nitro groups is 1. The maximum atomic E-state index is 10.8. The van der Waals surface area contributed by atoms with Gasteiger partial charge in [-0.25, -0.2) is 4.57 Å². The number of ether oxygens (including phenoxy) is 1. The largest absolute Gasteiger partial charge is 0.493 e. The molecule has 1 aromatic carbocycles. The summed E-state index contributed by atoms with van der Waals surface area (Å²) < 4.78 is 7.13. The fourth-order valence-electron chi connectivity index (χ4n) is 1.77. The molecule has 0 aliphatic rings. The Kier molecular flexibility index (Phi) is 4.12. The maximum absolute atomic E-state index is 10.8. The van der Waals surface area contributed by atoms with Crippen molar-refractivity contribution in [3.63, 3.8) is 0 Å². The van der Waals surface area contributed by atoms with Crippen molar-refractivity contribution >= 4 is 5.95 Å². The first-order valence-electron chi connectivity index (χ1n) is 6.08. The zero-order valence-corrected chi connectivity index (χ0v) is 10.7. The lowest BCUT2D eigenvalue weighted by molar-refractivity contribution is -0.396. The molecule has 0 amide bonds. The van der Waals surface area contributed by atoms with Crippen molar-refractivity contribution in [2.24, 2.45) is 0 Å². The summed E-state index contributed by atoms with van der Waals surface area (Å²) in [6.07, 6.45) is 3.93. The molecule has 1 aromatic heterocycles. The van der Waals surface area contributed by atoms with E-state index in [-0.39, 0.29) is 5.95 Å². The van der Waals surface area contributed by atoms with E-state index >= 15 is 0 Å². The first-order chi connectivity index (χ1) is 9.22. The van der Waals surface area contributed by atoms with Gasteiger partial charge in [0.05, 0.1) is 6.61 Å². The average Bonchev–Trinajstić information content (AvgIpc) is 2.86. The lowest BCUT2D eigenvalue weighted by Gasteiger charge is -2.10. The van der Waals surface area contributed by atoms with Gasteiger partial charge in [-0.15, -0.1) is 0 Å². The monoisotopic (exact) mass is 261 g/mol. The molecule has 0 radical (unpaired) electrons. The summed E-state index contributed by atoms with van der Waals surface area (Å²) in [5.74, 6) is 0.595. The van der Waals surface area contributed by atoms with Crippen molar-refractivity contribution in [3.05, 3.63) is 52.3 Å². The van der Waals surface area contributed by atoms with Gasteiger partial charge in [0.2, 0.25) is 0 Å². The third-order valence-electron chi connectivity index (χ3n) is 2.63. The van der Waals surface area contributed by atoms with Gasteiger partial charge in [-0.05, 0) is 17.4 Å². The van der Waals surface area contributed by atoms with Crippen LogP contribution in [0.1, 0.15) is 18.9 Å². The van der Waals surface area contributed by atoms with Crippen LogP contribution in [-0.2, 0) is 6.54 Å². The van der Waals surface area contributed by atoms with E-state index in [0.717, 1.165) is 17.7 Å². The molecule has 0 spiro atoms. The molecule has 0 aliphatic heterocycles. The normalized spacial score (nSPS) is 10.4. The maximum Gasteiger partial charge on any atom is 0.434 e. The third-order valence-corrected chi connectivity index (χ3v) is 2.63. The van der Waals surface area contributed by atoms with Crippen molar-refractivity contribution in [1.82, 2.24) is 9.55 Å². The van der Waals surface area contributed by atoms with E-state index in [1.54, 1.807) is 6.20 Å². The number of hydrogen-bond donors (Lipinski definition) is 0. The Morgan fingerprint density at radius 1 is 1.42 bits per heavy atom. The van der Waals surface area contributed by atoms with Crippen LogP contribution in [0, 0.1) is 10.1 Å². The van der Waals surface area contributed by atoms with Crippen molar-refractivity contribution in [1.29, 1.82) is 0 Å². The van der Waals surface area contributed by atoms with Crippen molar-refractivity contribution < 1.29 is 9.66 Å². The van der Waals surface area contributed by atoms with Crippen LogP contribution in [0.25, 0.3) is 0 Å². The van der Waals surface area contributed by atoms with Crippen molar-refractivity contribution in [2.45, 2.75) is 19.9 Å². The Morgan fingerprint density at radius 3 is 2.95 bits per heavy atom. The van der Waals surface area contributed by atoms with Gasteiger partial charge < -0.3 is 14.9 Å². The van der Waals surface area contributed by atoms with E-state index in [1.807, 2.05) is 31.2 Å². The molecule has 1 heterocycles. The topological polar surface area (TPSA) is 70.2 Å². The van der Waals surface area contributed by atoms with Gasteiger partial charge in [-0.1, -0.05) is 30.1 Å². The van der Waals surface area contributed by atoms with Crippen LogP contribution in [0.2, 0.25) is 0 Å². The Morgan fingerprint density at radius 2 is 2.21 bits per heavy atom. The minimum Gasteiger partial charge on any atom is -0.493 e. The highest BCUT2D eigenvalue weighted by molar-refractivity contribution is 5.34. The number of imidazole rings is 1. The molecular weight excluding hydrogens is 246 g/mol. The summed E-state index contributed by atoms with van der Waals surface area (Å²) in [5, 5.41) is 10.8. The second kappa shape index (κ2) is 5.99. The van der Waals surface area contributed by atoms with Gasteiger partial charge in [0.25, 0.3) is 0 Å². The number of rotatable bonds is 6. The molecule has 19 heavy (non-hydrogen) atoms. The van der Waals surface area contributed by atoms with Crippen LogP contribution < -0.4 is 4.74 Å². The summed E-state index contributed by atoms with van der Waals surface area (Å²) in [4.78, 5) is 14.1. The molecule has 0 fully saturated rings. The predicted molar refractivity (Wildman–Crippen MR) is 70.2 cm³/mol. The van der Waals surface area contributed by atoms with Gasteiger partial charge in [0.1, 0.15) is 24.7 Å². The van der Waals surface area contributed by atoms with Crippen LogP contribution in [0.5, 0.6) is 5.75 Å². The van der Waals surface area contributed by atoms with E-state index < -0.39 is 4.92 Å². The highest BCUT2D eigenvalue weighted by Crippen LogP contribution is 2.21. The highest BCUT2D eigenvalue weighted by Gasteiger charge is 2.15. The molecule has 0 atom stereocenters. The number of nitrogens with zero attached hydrogens (tertiary/aromatic N) is 3. The van der Waals surface area contributed by atoms with Gasteiger partial charge in [0, 0.05) is 5.56 Å². The summed E-state index contributed by atoms with van der Waals surface area (Å²) >= 11 is 0. The zero-order valence-electron chi connectivity index (χ0n) is 10.7. The summed E-state index contributed by atoms with van der Waals surface area (Å²) in [7, 11) is 0. The minimum atomic E-state index is -0.491. The molecule has 2 aromatic rings. The van der Waals surface area contributed by atoms with Gasteiger partial charge in [0.15, 0.2) is 0 Å². The summed E-state index contributed by atoms with van der Waals surface area (Å²) in [5.41, 5.74) is 0.900. The smallest absolute Gasteiger partial charge is 0.434 e. The molecule has 0 saturated heterocycles. The minimum absolute atomic E-state index is 0.162. The van der Waals surface area contributed by atoms with Crippen molar-refractivity contribution in [2.75, 3.05) is 6.61 Å². The lowest BCUT2D eigenvalue weighted by Crippen LogP contribution is -2.06. The number of para-hydroxylation sites is 1. The summed E-state index contributed by atoms with van der Waals surface area (Å²) in [6.45, 7) is 3.03. The van der Waals surface area contributed by atoms with Gasteiger partial charge in [-0.2, -0.15) is 0 Å². The van der Waals surface area contributed by atoms with Crippen molar-refractivity contribution in [3.8, 4) is 5.75 Å². The first-order valence-corrected chi connectivity index (χ1v) is 6.08. The second-order valence-corrected chi connectivity index (χ2v) is 4.07. The Bertz CT molecular complexity index is 566. The molecule has 0 N–H and O–H groups in total. The van der Waals surface area contributed by atoms with Crippen LogP contribution in [-0.4, -0.2) is 21.1 Å². The number of aromatic nitrogens is 2. The van der Waals surface area contributed by atoms with Gasteiger partial charge in [-0.3, -0.25) is 0 Å². The molecular formula is C13H15N3O3. The van der Waals surface area contributed by atoms with E-state index in [9.17, 15) is 10.1 Å². The standard InChI is InChI=1S/C13H15N3O3/c1-2-9-19-12-6-4-3-5-11(12)10-15-8-7-14-13(15)16(17)18/h3-8H,2,9-10H2,1H3. The molecule has 0 saturated carbocycles. The third kappa shape index (κ3) is 3.09. The predicted octanol–water partition coefficient (Wildman–Crippen LogP) is 2.63. The lowest BCUT2D eigenvalue weighted by atomic mass is 10.2. The molecule has 100 valence electrons. The molecule has 0 unspecified atom stereocenters. The van der Waals surface area contributed by atoms with Crippen LogP contribution in [0.3, 0.4) is 0 Å².